The Labute approximate surface area is 207 Å². The van der Waals surface area contributed by atoms with Crippen LogP contribution in [0.1, 0.15) is 11.1 Å². The van der Waals surface area contributed by atoms with Crippen LogP contribution in [0.2, 0.25) is 10.0 Å². The van der Waals surface area contributed by atoms with Crippen LogP contribution < -0.4 is 15.1 Å². The van der Waals surface area contributed by atoms with Crippen LogP contribution in [0.4, 0.5) is 11.4 Å². The molecule has 0 aliphatic carbocycles. The molecular formula is C24H20Cl2N4O2S. The van der Waals surface area contributed by atoms with Gasteiger partial charge < -0.3 is 20.2 Å². The third-order valence-corrected chi connectivity index (χ3v) is 6.29. The van der Waals surface area contributed by atoms with Crippen molar-refractivity contribution < 1.29 is 9.90 Å². The Morgan fingerprint density at radius 2 is 1.79 bits per heavy atom. The fraction of sp³-hybridized carbons (Fsp3) is 0.125. The molecule has 1 unspecified atom stereocenters. The monoisotopic (exact) mass is 498 g/mol. The normalized spacial score (nSPS) is 15.4. The molecule has 1 aliphatic heterocycles. The fourth-order valence-corrected chi connectivity index (χ4v) is 4.19. The van der Waals surface area contributed by atoms with Crippen LogP contribution in [0, 0.1) is 0 Å². The van der Waals surface area contributed by atoms with Crippen molar-refractivity contribution in [3.8, 4) is 5.75 Å². The molecule has 1 atom stereocenters. The van der Waals surface area contributed by atoms with Gasteiger partial charge in [0.2, 0.25) is 6.17 Å². The number of nitrogens with one attached hydrogen (secondary N) is 1. The van der Waals surface area contributed by atoms with E-state index in [4.69, 9.17) is 40.4 Å². The maximum atomic E-state index is 13.4. The number of thiocarbonyl (C=S) groups is 1. The van der Waals surface area contributed by atoms with Gasteiger partial charge in [-0.25, -0.2) is 4.99 Å². The number of fused-ring (bicyclic) bond motifs is 1. The Balaban J connectivity index is 1.78. The van der Waals surface area contributed by atoms with Gasteiger partial charge in [0.25, 0.3) is 5.91 Å². The van der Waals surface area contributed by atoms with Crippen LogP contribution in [0.25, 0.3) is 0 Å². The number of benzodiazepines with no additional fused rings is 1. The number of amides is 1. The van der Waals surface area contributed by atoms with Gasteiger partial charge in [-0.1, -0.05) is 53.5 Å². The first kappa shape index (κ1) is 23.0. The summed E-state index contributed by atoms with van der Waals surface area (Å²) in [7, 11) is 3.37. The minimum atomic E-state index is -1.03. The van der Waals surface area contributed by atoms with Crippen molar-refractivity contribution in [3.63, 3.8) is 0 Å². The number of likely N-dealkylation sites (N-methyl/N-ethyl adjacent to an activating group) is 1. The largest absolute Gasteiger partial charge is 0.506 e. The number of anilines is 2. The van der Waals surface area contributed by atoms with Crippen LogP contribution in [0.15, 0.2) is 71.7 Å². The van der Waals surface area contributed by atoms with E-state index in [0.717, 1.165) is 0 Å². The predicted octanol–water partition coefficient (Wildman–Crippen LogP) is 4.85. The lowest BCUT2D eigenvalue weighted by Gasteiger charge is -2.26. The number of phenolic OH excluding ortho intramolecular Hbond substituents is 1. The molecule has 0 saturated carbocycles. The number of benzene rings is 3. The van der Waals surface area contributed by atoms with Gasteiger partial charge in [-0.3, -0.25) is 4.79 Å². The van der Waals surface area contributed by atoms with Crippen LogP contribution in [-0.2, 0) is 4.79 Å². The van der Waals surface area contributed by atoms with Gasteiger partial charge in [0, 0.05) is 35.3 Å². The van der Waals surface area contributed by atoms with Gasteiger partial charge in [-0.2, -0.15) is 0 Å². The van der Waals surface area contributed by atoms with E-state index in [2.05, 4.69) is 5.32 Å². The van der Waals surface area contributed by atoms with E-state index in [0.29, 0.717) is 38.3 Å². The second-order valence-corrected chi connectivity index (χ2v) is 8.65. The standard InChI is InChI=1S/C24H20Cl2N4O2S/c1-29-18-12-11-14(25)13-16(18)21(15-7-3-4-8-17(15)26)27-22(23(29)32)28-24(33)30(2)19-9-5-6-10-20(19)31/h3-13,22,31H,1-2H3,(H,28,33). The molecule has 6 nitrogen and oxygen atoms in total. The average Bonchev–Trinajstić information content (AvgIpc) is 2.89. The lowest BCUT2D eigenvalue weighted by atomic mass is 10.00. The van der Waals surface area contributed by atoms with Gasteiger partial charge in [0.15, 0.2) is 5.11 Å². The van der Waals surface area contributed by atoms with E-state index in [-0.39, 0.29) is 16.8 Å². The van der Waals surface area contributed by atoms with Crippen LogP contribution >= 0.6 is 35.4 Å². The third kappa shape index (κ3) is 4.53. The maximum Gasteiger partial charge on any atom is 0.272 e. The Morgan fingerprint density at radius 1 is 1.09 bits per heavy atom. The summed E-state index contributed by atoms with van der Waals surface area (Å²) in [5.74, 6) is -0.246. The van der Waals surface area contributed by atoms with Gasteiger partial charge in [-0.15, -0.1) is 0 Å². The van der Waals surface area contributed by atoms with E-state index in [1.807, 2.05) is 18.2 Å². The van der Waals surface area contributed by atoms with Crippen molar-refractivity contribution >= 4 is 63.5 Å². The summed E-state index contributed by atoms with van der Waals surface area (Å²) < 4.78 is 0. The molecule has 33 heavy (non-hydrogen) atoms. The molecule has 2 N–H and O–H groups in total. The second kappa shape index (κ2) is 9.39. The minimum absolute atomic E-state index is 0.0655. The van der Waals surface area contributed by atoms with Gasteiger partial charge >= 0.3 is 0 Å². The maximum absolute atomic E-state index is 13.4. The van der Waals surface area contributed by atoms with Crippen molar-refractivity contribution in [1.29, 1.82) is 0 Å². The quantitative estimate of drug-likeness (QED) is 0.505. The first-order valence-electron chi connectivity index (χ1n) is 10.0. The molecule has 0 spiro atoms. The summed E-state index contributed by atoms with van der Waals surface area (Å²) in [5, 5.41) is 14.4. The van der Waals surface area contributed by atoms with E-state index in [9.17, 15) is 9.90 Å². The van der Waals surface area contributed by atoms with Gasteiger partial charge in [0.1, 0.15) is 5.75 Å². The van der Waals surface area contributed by atoms with E-state index in [1.54, 1.807) is 67.5 Å². The Bertz CT molecular complexity index is 1280. The molecule has 3 aromatic carbocycles. The summed E-state index contributed by atoms with van der Waals surface area (Å²) in [6, 6.07) is 19.3. The molecule has 168 valence electrons. The Kier molecular flexibility index (Phi) is 6.56. The average molecular weight is 499 g/mol. The summed E-state index contributed by atoms with van der Waals surface area (Å²) >= 11 is 18.3. The smallest absolute Gasteiger partial charge is 0.272 e. The van der Waals surface area contributed by atoms with Crippen LogP contribution in [0.3, 0.4) is 0 Å². The van der Waals surface area contributed by atoms with E-state index >= 15 is 0 Å². The highest BCUT2D eigenvalue weighted by Crippen LogP contribution is 2.32. The SMILES string of the molecule is CN(C(=S)NC1N=C(c2ccccc2Cl)c2cc(Cl)ccc2N(C)C1=O)c1ccccc1O. The molecule has 1 amide bonds. The van der Waals surface area contributed by atoms with Crippen LogP contribution in [-0.4, -0.2) is 42.1 Å². The van der Waals surface area contributed by atoms with Crippen molar-refractivity contribution in [2.45, 2.75) is 6.17 Å². The highest BCUT2D eigenvalue weighted by Gasteiger charge is 2.32. The molecule has 9 heteroatoms. The molecule has 0 aromatic heterocycles. The number of halogens is 2. The van der Waals surface area contributed by atoms with E-state index < -0.39 is 6.17 Å². The molecule has 1 aliphatic rings. The number of carbonyl (C=O) groups excluding carboxylic acids is 1. The highest BCUT2D eigenvalue weighted by atomic mass is 35.5. The van der Waals surface area contributed by atoms with E-state index in [1.165, 1.54) is 4.90 Å². The zero-order valence-corrected chi connectivity index (χ0v) is 20.1. The number of hydrogen-bond acceptors (Lipinski definition) is 4. The lowest BCUT2D eigenvalue weighted by molar-refractivity contribution is -0.119. The van der Waals surface area contributed by atoms with Crippen LogP contribution in [0.5, 0.6) is 5.75 Å². The summed E-state index contributed by atoms with van der Waals surface area (Å²) in [6.07, 6.45) is -1.03. The topological polar surface area (TPSA) is 68.2 Å². The predicted molar refractivity (Wildman–Crippen MR) is 138 cm³/mol. The summed E-state index contributed by atoms with van der Waals surface area (Å²) in [6.45, 7) is 0. The summed E-state index contributed by atoms with van der Waals surface area (Å²) in [4.78, 5) is 21.2. The van der Waals surface area contributed by atoms with Gasteiger partial charge in [0.05, 0.1) is 17.1 Å². The summed E-state index contributed by atoms with van der Waals surface area (Å²) in [5.41, 5.74) is 3.00. The first-order valence-corrected chi connectivity index (χ1v) is 11.2. The second-order valence-electron chi connectivity index (χ2n) is 7.42. The molecule has 4 rings (SSSR count). The number of carbonyl (C=O) groups is 1. The number of nitrogens with zero attached hydrogens (tertiary/aromatic N) is 3. The number of aliphatic imine (C=N–C) groups is 1. The molecule has 0 bridgehead atoms. The third-order valence-electron chi connectivity index (χ3n) is 5.33. The van der Waals surface area contributed by atoms with Crippen molar-refractivity contribution in [1.82, 2.24) is 5.32 Å². The molecule has 0 saturated heterocycles. The first-order chi connectivity index (χ1) is 15.8. The number of para-hydroxylation sites is 2. The minimum Gasteiger partial charge on any atom is -0.506 e. The van der Waals surface area contributed by atoms with Crippen molar-refractivity contribution in [3.05, 3.63) is 87.9 Å². The molecule has 0 radical (unpaired) electrons. The molecule has 0 fully saturated rings. The molecular weight excluding hydrogens is 479 g/mol. The highest BCUT2D eigenvalue weighted by molar-refractivity contribution is 7.80. The lowest BCUT2D eigenvalue weighted by Crippen LogP contribution is -2.49. The molecule has 1 heterocycles. The zero-order valence-electron chi connectivity index (χ0n) is 17.8. The Hall–Kier alpha value is -3.13. The number of hydrogen-bond donors (Lipinski definition) is 2. The van der Waals surface area contributed by atoms with Gasteiger partial charge in [-0.05, 0) is 48.6 Å². The number of rotatable bonds is 3. The Morgan fingerprint density at radius 3 is 2.52 bits per heavy atom. The number of phenols is 1. The molecule has 3 aromatic rings. The zero-order chi connectivity index (χ0) is 23.7. The van der Waals surface area contributed by atoms with Crippen molar-refractivity contribution in [2.24, 2.45) is 4.99 Å². The number of aromatic hydroxyl groups is 1. The van der Waals surface area contributed by atoms with Crippen molar-refractivity contribution in [2.75, 3.05) is 23.9 Å². The fourth-order valence-electron chi connectivity index (χ4n) is 3.58.